The minimum Gasteiger partial charge on any atom is -0.340 e. The summed E-state index contributed by atoms with van der Waals surface area (Å²) in [5, 5.41) is 7.94. The molecule has 2 aromatic carbocycles. The standard InChI is InChI=1S/C18H16FN3O3/c19-11-5-7-12(8-6-11)20-16(23)10-9-15-18(25)21-14-4-2-1-3-13(14)17(24)22-15/h1-8,15H,9-10H2,(H,20,23)(H,21,25)(H,22,24)/t15-/m1/s1. The van der Waals surface area contributed by atoms with Crippen LogP contribution >= 0.6 is 0 Å². The van der Waals surface area contributed by atoms with Gasteiger partial charge in [0.2, 0.25) is 11.8 Å². The molecule has 0 saturated carbocycles. The summed E-state index contributed by atoms with van der Waals surface area (Å²) in [5.74, 6) is -1.45. The summed E-state index contributed by atoms with van der Waals surface area (Å²) in [5.41, 5.74) is 1.30. The first-order valence-corrected chi connectivity index (χ1v) is 7.79. The van der Waals surface area contributed by atoms with Gasteiger partial charge in [0.05, 0.1) is 11.3 Å². The number of amides is 3. The minimum absolute atomic E-state index is 0.0338. The summed E-state index contributed by atoms with van der Waals surface area (Å²) in [6.07, 6.45) is 0.185. The van der Waals surface area contributed by atoms with Crippen molar-refractivity contribution in [3.63, 3.8) is 0 Å². The highest BCUT2D eigenvalue weighted by Gasteiger charge is 2.27. The molecule has 6 nitrogen and oxygen atoms in total. The molecule has 1 atom stereocenters. The Hall–Kier alpha value is -3.22. The fraction of sp³-hybridized carbons (Fsp3) is 0.167. The fourth-order valence-electron chi connectivity index (χ4n) is 2.55. The van der Waals surface area contributed by atoms with E-state index in [0.717, 1.165) is 0 Å². The summed E-state index contributed by atoms with van der Waals surface area (Å²) < 4.78 is 12.8. The van der Waals surface area contributed by atoms with Crippen molar-refractivity contribution >= 4 is 29.1 Å². The lowest BCUT2D eigenvalue weighted by atomic mass is 10.1. The molecule has 0 spiro atoms. The lowest BCUT2D eigenvalue weighted by molar-refractivity contribution is -0.118. The lowest BCUT2D eigenvalue weighted by Gasteiger charge is -2.14. The first kappa shape index (κ1) is 16.6. The summed E-state index contributed by atoms with van der Waals surface area (Å²) in [6.45, 7) is 0. The molecule has 1 aliphatic heterocycles. The number of carbonyl (C=O) groups is 3. The van der Waals surface area contributed by atoms with Gasteiger partial charge in [0.25, 0.3) is 5.91 Å². The maximum Gasteiger partial charge on any atom is 0.254 e. The molecular formula is C18H16FN3O3. The Labute approximate surface area is 143 Å². The predicted molar refractivity (Wildman–Crippen MR) is 90.6 cm³/mol. The highest BCUT2D eigenvalue weighted by molar-refractivity contribution is 6.09. The number of benzene rings is 2. The van der Waals surface area contributed by atoms with E-state index in [0.29, 0.717) is 16.9 Å². The van der Waals surface area contributed by atoms with Gasteiger partial charge in [-0.15, -0.1) is 0 Å². The second-order valence-corrected chi connectivity index (χ2v) is 5.65. The number of fused-ring (bicyclic) bond motifs is 1. The van der Waals surface area contributed by atoms with Crippen molar-refractivity contribution < 1.29 is 18.8 Å². The molecule has 0 unspecified atom stereocenters. The quantitative estimate of drug-likeness (QED) is 0.797. The zero-order valence-corrected chi connectivity index (χ0v) is 13.2. The molecule has 25 heavy (non-hydrogen) atoms. The number of para-hydroxylation sites is 1. The normalized spacial score (nSPS) is 16.3. The molecule has 1 heterocycles. The van der Waals surface area contributed by atoms with Crippen LogP contribution in [0, 0.1) is 5.82 Å². The van der Waals surface area contributed by atoms with E-state index in [9.17, 15) is 18.8 Å². The van der Waals surface area contributed by atoms with Gasteiger partial charge in [-0.25, -0.2) is 4.39 Å². The molecule has 128 valence electrons. The number of carbonyl (C=O) groups excluding carboxylic acids is 3. The molecule has 3 amide bonds. The summed E-state index contributed by atoms with van der Waals surface area (Å²) >= 11 is 0. The third-order valence-corrected chi connectivity index (χ3v) is 3.84. The van der Waals surface area contributed by atoms with Gasteiger partial charge in [-0.1, -0.05) is 12.1 Å². The molecule has 0 aromatic heterocycles. The average Bonchev–Trinajstić information content (AvgIpc) is 2.72. The molecule has 2 aromatic rings. The Morgan fingerprint density at radius 1 is 1.08 bits per heavy atom. The van der Waals surface area contributed by atoms with Crippen molar-refractivity contribution in [2.24, 2.45) is 0 Å². The molecule has 0 fully saturated rings. The van der Waals surface area contributed by atoms with Gasteiger partial charge in [0.15, 0.2) is 0 Å². The molecule has 0 bridgehead atoms. The zero-order chi connectivity index (χ0) is 17.8. The Kier molecular flexibility index (Phi) is 4.74. The molecule has 0 radical (unpaired) electrons. The van der Waals surface area contributed by atoms with Crippen molar-refractivity contribution in [1.82, 2.24) is 5.32 Å². The van der Waals surface area contributed by atoms with Crippen LogP contribution < -0.4 is 16.0 Å². The van der Waals surface area contributed by atoms with E-state index >= 15 is 0 Å². The number of halogens is 1. The van der Waals surface area contributed by atoms with Gasteiger partial charge in [-0.05, 0) is 42.8 Å². The smallest absolute Gasteiger partial charge is 0.254 e. The topological polar surface area (TPSA) is 87.3 Å². The Bertz CT molecular complexity index is 821. The molecule has 3 N–H and O–H groups in total. The highest BCUT2D eigenvalue weighted by atomic mass is 19.1. The first-order valence-electron chi connectivity index (χ1n) is 7.79. The van der Waals surface area contributed by atoms with Gasteiger partial charge in [0.1, 0.15) is 11.9 Å². The Morgan fingerprint density at radius 3 is 2.56 bits per heavy atom. The SMILES string of the molecule is O=C(CC[C@H]1NC(=O)c2ccccc2NC1=O)Nc1ccc(F)cc1. The van der Waals surface area contributed by atoms with E-state index in [2.05, 4.69) is 16.0 Å². The molecule has 0 saturated heterocycles. The number of rotatable bonds is 4. The fourth-order valence-corrected chi connectivity index (χ4v) is 2.55. The maximum absolute atomic E-state index is 12.8. The van der Waals surface area contributed by atoms with Crippen LogP contribution in [0.5, 0.6) is 0 Å². The predicted octanol–water partition coefficient (Wildman–Crippen LogP) is 2.30. The van der Waals surface area contributed by atoms with Crippen LogP contribution in [0.3, 0.4) is 0 Å². The molecule has 7 heteroatoms. The van der Waals surface area contributed by atoms with Gasteiger partial charge in [-0.2, -0.15) is 0 Å². The molecule has 3 rings (SSSR count). The number of anilines is 2. The summed E-state index contributed by atoms with van der Waals surface area (Å²) in [6, 6.07) is 11.3. The van der Waals surface area contributed by atoms with E-state index in [4.69, 9.17) is 0 Å². The minimum atomic E-state index is -0.807. The van der Waals surface area contributed by atoms with E-state index < -0.39 is 11.9 Å². The van der Waals surface area contributed by atoms with E-state index in [-0.39, 0.29) is 30.6 Å². The molecule has 1 aliphatic rings. The third-order valence-electron chi connectivity index (χ3n) is 3.84. The largest absolute Gasteiger partial charge is 0.340 e. The third kappa shape index (κ3) is 4.00. The number of hydrogen-bond acceptors (Lipinski definition) is 3. The van der Waals surface area contributed by atoms with Crippen LogP contribution in [0.4, 0.5) is 15.8 Å². The van der Waals surface area contributed by atoms with Gasteiger partial charge < -0.3 is 16.0 Å². The highest BCUT2D eigenvalue weighted by Crippen LogP contribution is 2.19. The molecular weight excluding hydrogens is 325 g/mol. The Balaban J connectivity index is 1.59. The average molecular weight is 341 g/mol. The number of hydrogen-bond donors (Lipinski definition) is 3. The van der Waals surface area contributed by atoms with Crippen molar-refractivity contribution in [3.05, 3.63) is 59.9 Å². The van der Waals surface area contributed by atoms with Crippen molar-refractivity contribution in [3.8, 4) is 0 Å². The lowest BCUT2D eigenvalue weighted by Crippen LogP contribution is -2.41. The van der Waals surface area contributed by atoms with Crippen LogP contribution in [-0.2, 0) is 9.59 Å². The monoisotopic (exact) mass is 341 g/mol. The van der Waals surface area contributed by atoms with E-state index in [1.165, 1.54) is 24.3 Å². The van der Waals surface area contributed by atoms with Crippen LogP contribution in [-0.4, -0.2) is 23.8 Å². The van der Waals surface area contributed by atoms with Crippen LogP contribution in [0.2, 0.25) is 0 Å². The second kappa shape index (κ2) is 7.12. The van der Waals surface area contributed by atoms with Crippen LogP contribution in [0.25, 0.3) is 0 Å². The van der Waals surface area contributed by atoms with Gasteiger partial charge in [-0.3, -0.25) is 14.4 Å². The summed E-state index contributed by atoms with van der Waals surface area (Å²) in [4.78, 5) is 36.4. The second-order valence-electron chi connectivity index (χ2n) is 5.65. The maximum atomic E-state index is 12.8. The number of nitrogens with one attached hydrogen (secondary N) is 3. The van der Waals surface area contributed by atoms with Crippen molar-refractivity contribution in [2.75, 3.05) is 10.6 Å². The van der Waals surface area contributed by atoms with Crippen LogP contribution in [0.15, 0.2) is 48.5 Å². The van der Waals surface area contributed by atoms with Gasteiger partial charge in [0, 0.05) is 12.1 Å². The van der Waals surface area contributed by atoms with E-state index in [1.807, 2.05) is 0 Å². The van der Waals surface area contributed by atoms with E-state index in [1.54, 1.807) is 24.3 Å². The van der Waals surface area contributed by atoms with Crippen molar-refractivity contribution in [1.29, 1.82) is 0 Å². The zero-order valence-electron chi connectivity index (χ0n) is 13.2. The van der Waals surface area contributed by atoms with Crippen LogP contribution in [0.1, 0.15) is 23.2 Å². The summed E-state index contributed by atoms with van der Waals surface area (Å²) in [7, 11) is 0. The molecule has 0 aliphatic carbocycles. The Morgan fingerprint density at radius 2 is 1.80 bits per heavy atom. The van der Waals surface area contributed by atoms with Gasteiger partial charge >= 0.3 is 0 Å². The first-order chi connectivity index (χ1) is 12.0. The van der Waals surface area contributed by atoms with Crippen molar-refractivity contribution in [2.45, 2.75) is 18.9 Å².